The van der Waals surface area contributed by atoms with Gasteiger partial charge in [-0.3, -0.25) is 4.90 Å². The van der Waals surface area contributed by atoms with Crippen LogP contribution in [0.1, 0.15) is 54.1 Å². The quantitative estimate of drug-likeness (QED) is 0.203. The smallest absolute Gasteiger partial charge is 0.451 e. The van der Waals surface area contributed by atoms with Gasteiger partial charge in [0.15, 0.2) is 29.1 Å². The van der Waals surface area contributed by atoms with Crippen LogP contribution in [0.25, 0.3) is 22.7 Å². The summed E-state index contributed by atoms with van der Waals surface area (Å²) in [6.45, 7) is 3.52. The fourth-order valence-corrected chi connectivity index (χ4v) is 6.65. The molecule has 48 heavy (non-hydrogen) atoms. The number of nitrogens with one attached hydrogen (secondary N) is 1. The Labute approximate surface area is 276 Å². The van der Waals surface area contributed by atoms with E-state index in [2.05, 4.69) is 30.3 Å². The summed E-state index contributed by atoms with van der Waals surface area (Å²) in [5, 5.41) is 15.6. The van der Waals surface area contributed by atoms with Crippen LogP contribution in [-0.2, 0) is 24.0 Å². The lowest BCUT2D eigenvalue weighted by atomic mass is 9.88. The van der Waals surface area contributed by atoms with E-state index in [1.54, 1.807) is 18.2 Å². The first kappa shape index (κ1) is 31.0. The van der Waals surface area contributed by atoms with Crippen molar-refractivity contribution in [3.05, 3.63) is 76.1 Å². The molecule has 11 nitrogen and oxygen atoms in total. The van der Waals surface area contributed by atoms with Crippen LogP contribution in [0.3, 0.4) is 0 Å². The Morgan fingerprint density at radius 1 is 0.979 bits per heavy atom. The number of piperidine rings is 1. The predicted molar refractivity (Wildman–Crippen MR) is 164 cm³/mol. The van der Waals surface area contributed by atoms with E-state index in [4.69, 9.17) is 30.8 Å². The maximum atomic E-state index is 14.7. The molecule has 6 heterocycles. The number of benzene rings is 2. The van der Waals surface area contributed by atoms with Gasteiger partial charge in [0.2, 0.25) is 5.82 Å². The number of alkyl halides is 3. The molecule has 16 heteroatoms. The molecule has 8 rings (SSSR count). The van der Waals surface area contributed by atoms with Gasteiger partial charge < -0.3 is 23.8 Å². The molecule has 5 aromatic rings. The second-order valence-electron chi connectivity index (χ2n) is 12.2. The molecule has 0 radical (unpaired) electrons. The van der Waals surface area contributed by atoms with Crippen molar-refractivity contribution in [1.82, 2.24) is 39.8 Å². The topological polar surface area (TPSA) is 116 Å². The van der Waals surface area contributed by atoms with Crippen molar-refractivity contribution < 1.29 is 31.8 Å². The van der Waals surface area contributed by atoms with Crippen LogP contribution in [0.5, 0.6) is 11.5 Å². The number of halogens is 5. The van der Waals surface area contributed by atoms with Crippen LogP contribution in [0.4, 0.5) is 17.6 Å². The van der Waals surface area contributed by atoms with Gasteiger partial charge in [0.1, 0.15) is 29.5 Å². The van der Waals surface area contributed by atoms with Crippen LogP contribution in [-0.4, -0.2) is 72.2 Å². The molecule has 2 aromatic carbocycles. The Kier molecular flexibility index (Phi) is 7.92. The third-order valence-electron chi connectivity index (χ3n) is 9.11. The number of likely N-dealkylation sites (tertiary alicyclic amines) is 1. The molecule has 3 aromatic heterocycles. The molecule has 0 bridgehead atoms. The first-order valence-corrected chi connectivity index (χ1v) is 16.0. The highest BCUT2D eigenvalue weighted by Gasteiger charge is 2.36. The van der Waals surface area contributed by atoms with Gasteiger partial charge in [0.25, 0.3) is 0 Å². The first-order chi connectivity index (χ1) is 23.2. The summed E-state index contributed by atoms with van der Waals surface area (Å²) in [5.41, 5.74) is 2.56. The first-order valence-electron chi connectivity index (χ1n) is 15.6. The number of nitrogens with zero attached hydrogens (tertiary/aromatic N) is 7. The van der Waals surface area contributed by atoms with E-state index in [-0.39, 0.29) is 30.1 Å². The van der Waals surface area contributed by atoms with Crippen LogP contribution < -0.4 is 9.47 Å². The van der Waals surface area contributed by atoms with Crippen molar-refractivity contribution in [2.24, 2.45) is 0 Å². The summed E-state index contributed by atoms with van der Waals surface area (Å²) >= 11 is 5.96. The zero-order chi connectivity index (χ0) is 33.0. The van der Waals surface area contributed by atoms with Crippen molar-refractivity contribution in [2.45, 2.75) is 56.7 Å². The van der Waals surface area contributed by atoms with Gasteiger partial charge in [0, 0.05) is 22.8 Å². The van der Waals surface area contributed by atoms with Crippen molar-refractivity contribution in [2.75, 3.05) is 26.3 Å². The minimum absolute atomic E-state index is 0.0219. The fourth-order valence-electron chi connectivity index (χ4n) is 6.49. The third-order valence-corrected chi connectivity index (χ3v) is 9.35. The monoisotopic (exact) mass is 684 g/mol. The minimum Gasteiger partial charge on any atom is -0.485 e. The molecular formula is C32H29ClF4N8O3. The van der Waals surface area contributed by atoms with Crippen LogP contribution in [0.2, 0.25) is 5.02 Å². The fraction of sp³-hybridized carbons (Fsp3) is 0.406. The molecule has 2 saturated heterocycles. The van der Waals surface area contributed by atoms with Crippen molar-refractivity contribution in [3.8, 4) is 23.0 Å². The minimum atomic E-state index is -4.66. The normalized spacial score (nSPS) is 20.3. The van der Waals surface area contributed by atoms with E-state index in [0.29, 0.717) is 52.9 Å². The van der Waals surface area contributed by atoms with Gasteiger partial charge in [-0.2, -0.15) is 13.2 Å². The van der Waals surface area contributed by atoms with E-state index in [1.165, 1.54) is 6.07 Å². The molecule has 0 amide bonds. The molecule has 0 saturated carbocycles. The van der Waals surface area contributed by atoms with Crippen molar-refractivity contribution in [3.63, 3.8) is 0 Å². The average Bonchev–Trinajstić information content (AvgIpc) is 3.68. The zero-order valence-electron chi connectivity index (χ0n) is 25.4. The lowest BCUT2D eigenvalue weighted by Crippen LogP contribution is -2.35. The maximum Gasteiger partial charge on any atom is 0.451 e. The Hall–Kier alpha value is -4.34. The SMILES string of the molecule is Fc1cc(Cl)ccc1C1COc2cccc(C3CCN(Cc4nc5cc(-c6nnc(C(F)(F)F)[nH]6)nnc5n4C[C@@H]4CCO4)CC3)c2O1. The highest BCUT2D eigenvalue weighted by molar-refractivity contribution is 6.30. The summed E-state index contributed by atoms with van der Waals surface area (Å²) in [7, 11) is 0. The third kappa shape index (κ3) is 5.94. The van der Waals surface area contributed by atoms with E-state index in [1.807, 2.05) is 22.8 Å². The highest BCUT2D eigenvalue weighted by atomic mass is 35.5. The highest BCUT2D eigenvalue weighted by Crippen LogP contribution is 2.45. The van der Waals surface area contributed by atoms with Crippen molar-refractivity contribution >= 4 is 22.8 Å². The number of aromatic nitrogens is 7. The van der Waals surface area contributed by atoms with Gasteiger partial charge in [-0.25, -0.2) is 9.37 Å². The number of aromatic amines is 1. The lowest BCUT2D eigenvalue weighted by molar-refractivity contribution is -0.144. The number of imidazole rings is 1. The second-order valence-corrected chi connectivity index (χ2v) is 12.6. The van der Waals surface area contributed by atoms with Gasteiger partial charge in [-0.15, -0.1) is 20.4 Å². The van der Waals surface area contributed by atoms with E-state index in [9.17, 15) is 17.6 Å². The number of ether oxygens (including phenoxy) is 3. The summed E-state index contributed by atoms with van der Waals surface area (Å²) in [6.07, 6.45) is -2.62. The van der Waals surface area contributed by atoms with Crippen molar-refractivity contribution in [1.29, 1.82) is 0 Å². The number of fused-ring (bicyclic) bond motifs is 2. The summed E-state index contributed by atoms with van der Waals surface area (Å²) in [4.78, 5) is 9.33. The van der Waals surface area contributed by atoms with Crippen LogP contribution in [0, 0.1) is 5.82 Å². The maximum absolute atomic E-state index is 14.7. The summed E-state index contributed by atoms with van der Waals surface area (Å²) in [6, 6.07) is 12.0. The molecule has 2 atom stereocenters. The number of rotatable bonds is 7. The molecular weight excluding hydrogens is 656 g/mol. The Balaban J connectivity index is 0.996. The molecule has 0 aliphatic carbocycles. The molecule has 2 fully saturated rings. The van der Waals surface area contributed by atoms with E-state index in [0.717, 1.165) is 43.7 Å². The van der Waals surface area contributed by atoms with Gasteiger partial charge in [-0.1, -0.05) is 29.8 Å². The second kappa shape index (κ2) is 12.3. The number of para-hydroxylation sites is 1. The number of H-pyrrole nitrogens is 1. The molecule has 0 spiro atoms. The predicted octanol–water partition coefficient (Wildman–Crippen LogP) is 6.10. The largest absolute Gasteiger partial charge is 0.485 e. The Bertz CT molecular complexity index is 1970. The molecule has 1 N–H and O–H groups in total. The summed E-state index contributed by atoms with van der Waals surface area (Å²) in [5.74, 6) is 0.477. The standard InChI is InChI=1S/C32H29ClF4N8O3/c33-18-4-5-21(22(34)12-18)26-16-47-25-3-1-2-20(28(25)48-26)17-6-9-44(10-7-17)15-27-38-24-13-23(29-39-31(43-41-29)32(35,36)37)40-42-30(24)45(27)14-19-8-11-46-19/h1-5,12-13,17,19,26H,6-11,14-16H2,(H,39,41,43)/t19-,26?/m0/s1. The Morgan fingerprint density at radius 3 is 2.54 bits per heavy atom. The molecule has 1 unspecified atom stereocenters. The van der Waals surface area contributed by atoms with E-state index >= 15 is 0 Å². The molecule has 3 aliphatic rings. The number of hydrogen-bond acceptors (Lipinski definition) is 9. The van der Waals surface area contributed by atoms with Gasteiger partial charge >= 0.3 is 6.18 Å². The zero-order valence-corrected chi connectivity index (χ0v) is 26.1. The molecule has 3 aliphatic heterocycles. The van der Waals surface area contributed by atoms with E-state index < -0.39 is 23.9 Å². The van der Waals surface area contributed by atoms with Gasteiger partial charge in [-0.05, 0) is 62.5 Å². The van der Waals surface area contributed by atoms with Crippen LogP contribution >= 0.6 is 11.6 Å². The van der Waals surface area contributed by atoms with Gasteiger partial charge in [0.05, 0.1) is 19.2 Å². The lowest BCUT2D eigenvalue weighted by Gasteiger charge is -2.35. The summed E-state index contributed by atoms with van der Waals surface area (Å²) < 4.78 is 74.0. The average molecular weight is 685 g/mol. The molecule has 250 valence electrons. The Morgan fingerprint density at radius 2 is 1.81 bits per heavy atom. The van der Waals surface area contributed by atoms with Crippen LogP contribution in [0.15, 0.2) is 42.5 Å². The number of hydrogen-bond donors (Lipinski definition) is 1.